The number of fused-ring (bicyclic) bond motifs is 1. The zero-order valence-electron chi connectivity index (χ0n) is 16.3. The van der Waals surface area contributed by atoms with Crippen molar-refractivity contribution < 1.29 is 22.1 Å². The second kappa shape index (κ2) is 8.27. The number of sulfone groups is 1. The molecule has 0 spiro atoms. The molecule has 160 valence electrons. The Hall–Kier alpha value is -2.98. The Morgan fingerprint density at radius 1 is 1.23 bits per heavy atom. The average Bonchev–Trinajstić information content (AvgIpc) is 3.27. The minimum Gasteiger partial charge on any atom is -0.360 e. The average molecular weight is 506 g/mol. The largest absolute Gasteiger partial charge is 0.360 e. The lowest BCUT2D eigenvalue weighted by Gasteiger charge is -2.07. The first-order chi connectivity index (χ1) is 14.7. The Balaban J connectivity index is 1.66. The maximum absolute atomic E-state index is 14.3. The highest BCUT2D eigenvalue weighted by molar-refractivity contribution is 9.10. The molecule has 0 aliphatic rings. The highest BCUT2D eigenvalue weighted by atomic mass is 79.9. The Morgan fingerprint density at radius 2 is 2.00 bits per heavy atom. The summed E-state index contributed by atoms with van der Waals surface area (Å²) in [6.45, 7) is 1.79. The van der Waals surface area contributed by atoms with Gasteiger partial charge < -0.3 is 14.4 Å². The molecule has 2 aromatic carbocycles. The Labute approximate surface area is 185 Å². The van der Waals surface area contributed by atoms with Crippen LogP contribution in [0.5, 0.6) is 0 Å². The molecule has 0 unspecified atom stereocenters. The van der Waals surface area contributed by atoms with Crippen LogP contribution in [0.2, 0.25) is 0 Å². The molecule has 0 bridgehead atoms. The molecule has 4 rings (SSSR count). The summed E-state index contributed by atoms with van der Waals surface area (Å²) >= 11 is 3.23. The second-order valence-electron chi connectivity index (χ2n) is 7.00. The summed E-state index contributed by atoms with van der Waals surface area (Å²) in [5, 5.41) is 6.50. The van der Waals surface area contributed by atoms with Gasteiger partial charge in [0, 0.05) is 33.2 Å². The minimum absolute atomic E-state index is 0.00658. The lowest BCUT2D eigenvalue weighted by Crippen LogP contribution is -2.23. The molecule has 0 saturated heterocycles. The fourth-order valence-corrected chi connectivity index (χ4v) is 4.98. The first-order valence-corrected chi connectivity index (χ1v) is 11.7. The molecule has 0 aliphatic heterocycles. The van der Waals surface area contributed by atoms with Crippen LogP contribution in [0.4, 0.5) is 10.2 Å². The second-order valence-corrected chi connectivity index (χ2v) is 9.88. The standard InChI is InChI=1S/C21H17BrFN3O4S/c1-13-8-20(25-30-13)24-21(27)12-31(28,29)19-11-26(18-5-3-2-4-16(18)19)10-14-6-7-15(22)9-17(14)23/h2-9,11H,10,12H2,1H3,(H,24,25,27). The van der Waals surface area contributed by atoms with Crippen molar-refractivity contribution in [3.63, 3.8) is 0 Å². The molecule has 1 N–H and O–H groups in total. The molecule has 10 heteroatoms. The highest BCUT2D eigenvalue weighted by Gasteiger charge is 2.25. The summed E-state index contributed by atoms with van der Waals surface area (Å²) in [4.78, 5) is 12.3. The number of hydrogen-bond donors (Lipinski definition) is 1. The first-order valence-electron chi connectivity index (χ1n) is 9.21. The van der Waals surface area contributed by atoms with Crippen LogP contribution in [-0.4, -0.2) is 29.8 Å². The van der Waals surface area contributed by atoms with E-state index in [1.165, 1.54) is 18.3 Å². The highest BCUT2D eigenvalue weighted by Crippen LogP contribution is 2.28. The van der Waals surface area contributed by atoms with E-state index < -0.39 is 27.3 Å². The summed E-state index contributed by atoms with van der Waals surface area (Å²) in [6, 6.07) is 13.1. The van der Waals surface area contributed by atoms with Gasteiger partial charge in [0.1, 0.15) is 17.3 Å². The van der Waals surface area contributed by atoms with Crippen molar-refractivity contribution in [3.05, 3.63) is 76.3 Å². The Bertz CT molecular complexity index is 1390. The van der Waals surface area contributed by atoms with Crippen molar-refractivity contribution >= 4 is 48.4 Å². The quantitative estimate of drug-likeness (QED) is 0.421. The van der Waals surface area contributed by atoms with Crippen LogP contribution < -0.4 is 5.32 Å². The predicted molar refractivity (Wildman–Crippen MR) is 117 cm³/mol. The van der Waals surface area contributed by atoms with E-state index in [0.29, 0.717) is 26.7 Å². The maximum Gasteiger partial charge on any atom is 0.241 e. The van der Waals surface area contributed by atoms with E-state index in [1.807, 2.05) is 0 Å². The first kappa shape index (κ1) is 21.3. The van der Waals surface area contributed by atoms with Gasteiger partial charge in [-0.05, 0) is 25.1 Å². The van der Waals surface area contributed by atoms with Gasteiger partial charge in [-0.1, -0.05) is 45.4 Å². The van der Waals surface area contributed by atoms with Crippen LogP contribution in [0.1, 0.15) is 11.3 Å². The number of aryl methyl sites for hydroxylation is 1. The van der Waals surface area contributed by atoms with Crippen molar-refractivity contribution in [1.29, 1.82) is 0 Å². The van der Waals surface area contributed by atoms with Crippen molar-refractivity contribution in [2.24, 2.45) is 0 Å². The number of halogens is 2. The smallest absolute Gasteiger partial charge is 0.241 e. The lowest BCUT2D eigenvalue weighted by molar-refractivity contribution is -0.113. The number of rotatable bonds is 6. The van der Waals surface area contributed by atoms with E-state index >= 15 is 0 Å². The van der Waals surface area contributed by atoms with Gasteiger partial charge in [-0.15, -0.1) is 0 Å². The summed E-state index contributed by atoms with van der Waals surface area (Å²) in [7, 11) is -3.98. The fraction of sp³-hybridized carbons (Fsp3) is 0.143. The molecule has 0 atom stereocenters. The van der Waals surface area contributed by atoms with Gasteiger partial charge in [0.25, 0.3) is 0 Å². The van der Waals surface area contributed by atoms with Gasteiger partial charge in [-0.2, -0.15) is 0 Å². The number of hydrogen-bond acceptors (Lipinski definition) is 5. The Kier molecular flexibility index (Phi) is 5.67. The number of anilines is 1. The van der Waals surface area contributed by atoms with Gasteiger partial charge in [0.2, 0.25) is 5.91 Å². The number of carbonyl (C=O) groups excluding carboxylic acids is 1. The van der Waals surface area contributed by atoms with Gasteiger partial charge >= 0.3 is 0 Å². The third-order valence-corrected chi connectivity index (χ3v) is 6.79. The van der Waals surface area contributed by atoms with Crippen molar-refractivity contribution in [2.75, 3.05) is 11.1 Å². The van der Waals surface area contributed by atoms with Crippen LogP contribution in [0, 0.1) is 12.7 Å². The topological polar surface area (TPSA) is 94.2 Å². The van der Waals surface area contributed by atoms with Crippen LogP contribution in [-0.2, 0) is 21.2 Å². The number of aromatic nitrogens is 2. The van der Waals surface area contributed by atoms with E-state index in [4.69, 9.17) is 4.52 Å². The minimum atomic E-state index is -3.98. The number of para-hydroxylation sites is 1. The molecule has 1 amide bonds. The number of nitrogens with zero attached hydrogens (tertiary/aromatic N) is 2. The lowest BCUT2D eigenvalue weighted by atomic mass is 10.2. The normalized spacial score (nSPS) is 11.7. The van der Waals surface area contributed by atoms with Crippen molar-refractivity contribution in [1.82, 2.24) is 9.72 Å². The molecular weight excluding hydrogens is 489 g/mol. The van der Waals surface area contributed by atoms with E-state index in [1.54, 1.807) is 47.9 Å². The maximum atomic E-state index is 14.3. The number of carbonyl (C=O) groups is 1. The van der Waals surface area contributed by atoms with Crippen molar-refractivity contribution in [2.45, 2.75) is 18.4 Å². The van der Waals surface area contributed by atoms with E-state index in [2.05, 4.69) is 26.4 Å². The zero-order chi connectivity index (χ0) is 22.2. The fourth-order valence-electron chi connectivity index (χ4n) is 3.28. The Morgan fingerprint density at radius 3 is 2.71 bits per heavy atom. The molecule has 2 aromatic heterocycles. The molecule has 0 radical (unpaired) electrons. The third kappa shape index (κ3) is 4.54. The molecule has 0 fully saturated rings. The zero-order valence-corrected chi connectivity index (χ0v) is 18.7. The van der Waals surface area contributed by atoms with Crippen LogP contribution >= 0.6 is 15.9 Å². The molecule has 31 heavy (non-hydrogen) atoms. The predicted octanol–water partition coefficient (Wildman–Crippen LogP) is 4.30. The van der Waals surface area contributed by atoms with Gasteiger partial charge in [0.15, 0.2) is 15.7 Å². The summed E-state index contributed by atoms with van der Waals surface area (Å²) < 4.78 is 47.5. The van der Waals surface area contributed by atoms with E-state index in [-0.39, 0.29) is 17.3 Å². The SMILES string of the molecule is Cc1cc(NC(=O)CS(=O)(=O)c2cn(Cc3ccc(Br)cc3F)c3ccccc23)no1. The molecule has 4 aromatic rings. The number of amides is 1. The van der Waals surface area contributed by atoms with Gasteiger partial charge in [0.05, 0.1) is 11.4 Å². The molecule has 2 heterocycles. The number of nitrogens with one attached hydrogen (secondary N) is 1. The molecular formula is C21H17BrFN3O4S. The van der Waals surface area contributed by atoms with Crippen LogP contribution in [0.25, 0.3) is 10.9 Å². The summed E-state index contributed by atoms with van der Waals surface area (Å²) in [5.74, 6) is -1.27. The molecule has 0 saturated carbocycles. The van der Waals surface area contributed by atoms with Crippen molar-refractivity contribution in [3.8, 4) is 0 Å². The van der Waals surface area contributed by atoms with E-state index in [0.717, 1.165) is 0 Å². The molecule has 0 aliphatic carbocycles. The summed E-state index contributed by atoms with van der Waals surface area (Å²) in [5.41, 5.74) is 1.03. The van der Waals surface area contributed by atoms with Gasteiger partial charge in [-0.25, -0.2) is 12.8 Å². The number of benzene rings is 2. The van der Waals surface area contributed by atoms with Gasteiger partial charge in [-0.3, -0.25) is 4.79 Å². The van der Waals surface area contributed by atoms with Crippen LogP contribution in [0.15, 0.2) is 68.6 Å². The molecule has 7 nitrogen and oxygen atoms in total. The monoisotopic (exact) mass is 505 g/mol. The third-order valence-electron chi connectivity index (χ3n) is 4.66. The van der Waals surface area contributed by atoms with E-state index in [9.17, 15) is 17.6 Å². The van der Waals surface area contributed by atoms with Crippen LogP contribution in [0.3, 0.4) is 0 Å². The summed E-state index contributed by atoms with van der Waals surface area (Å²) in [6.07, 6.45) is 1.44.